The van der Waals surface area contributed by atoms with Crippen molar-refractivity contribution >= 4 is 38.9 Å². The second kappa shape index (κ2) is 7.13. The van der Waals surface area contributed by atoms with Crippen molar-refractivity contribution in [1.29, 1.82) is 0 Å². The van der Waals surface area contributed by atoms with Crippen LogP contribution in [0.1, 0.15) is 10.4 Å². The first-order valence-electron chi connectivity index (χ1n) is 6.64. The van der Waals surface area contributed by atoms with Gasteiger partial charge < -0.3 is 5.32 Å². The number of nitrogens with one attached hydrogen (secondary N) is 2. The van der Waals surface area contributed by atoms with E-state index in [2.05, 4.69) is 10.0 Å². The van der Waals surface area contributed by atoms with E-state index in [0.717, 1.165) is 24.3 Å². The molecule has 0 saturated carbocycles. The molecule has 2 aromatic carbocycles. The molecular weight excluding hydrogens is 377 g/mol. The molecule has 0 atom stereocenters. The van der Waals surface area contributed by atoms with Gasteiger partial charge in [0.25, 0.3) is 5.91 Å². The van der Waals surface area contributed by atoms with E-state index in [1.807, 2.05) is 0 Å². The Kier molecular flexibility index (Phi) is 5.36. The Morgan fingerprint density at radius 3 is 2.52 bits per heavy atom. The number of hydrogen-bond donors (Lipinski definition) is 2. The molecule has 0 aliphatic rings. The zero-order valence-electron chi connectivity index (χ0n) is 12.6. The van der Waals surface area contributed by atoms with Crippen LogP contribution in [-0.4, -0.2) is 26.3 Å². The minimum atomic E-state index is -3.88. The summed E-state index contributed by atoms with van der Waals surface area (Å²) in [7, 11) is -2.69. The molecule has 2 aromatic rings. The van der Waals surface area contributed by atoms with Crippen LogP contribution in [0.15, 0.2) is 41.3 Å². The van der Waals surface area contributed by atoms with Crippen LogP contribution in [0.3, 0.4) is 0 Å². The van der Waals surface area contributed by atoms with E-state index in [4.69, 9.17) is 11.6 Å². The molecule has 8 nitrogen and oxygen atoms in total. The second-order valence-electron chi connectivity index (χ2n) is 4.73. The minimum Gasteiger partial charge on any atom is -0.322 e. The van der Waals surface area contributed by atoms with Crippen molar-refractivity contribution in [2.75, 3.05) is 12.4 Å². The average Bonchev–Trinajstić information content (AvgIpc) is 2.56. The molecule has 132 valence electrons. The molecule has 0 aliphatic heterocycles. The maximum absolute atomic E-state index is 13.3. The highest BCUT2D eigenvalue weighted by molar-refractivity contribution is 7.89. The third-order valence-electron chi connectivity index (χ3n) is 3.15. The highest BCUT2D eigenvalue weighted by Crippen LogP contribution is 2.24. The van der Waals surface area contributed by atoms with Crippen molar-refractivity contribution in [2.24, 2.45) is 0 Å². The van der Waals surface area contributed by atoms with Crippen LogP contribution in [0.2, 0.25) is 5.02 Å². The zero-order valence-corrected chi connectivity index (χ0v) is 14.2. The molecule has 0 spiro atoms. The van der Waals surface area contributed by atoms with Crippen LogP contribution in [0.5, 0.6) is 0 Å². The van der Waals surface area contributed by atoms with Crippen LogP contribution in [-0.2, 0) is 10.0 Å². The molecule has 2 rings (SSSR count). The van der Waals surface area contributed by atoms with E-state index in [9.17, 15) is 27.7 Å². The summed E-state index contributed by atoms with van der Waals surface area (Å²) in [6.07, 6.45) is 0. The van der Waals surface area contributed by atoms with Gasteiger partial charge in [-0.2, -0.15) is 4.39 Å². The van der Waals surface area contributed by atoms with E-state index in [-0.39, 0.29) is 21.2 Å². The summed E-state index contributed by atoms with van der Waals surface area (Å²) in [4.78, 5) is 21.7. The summed E-state index contributed by atoms with van der Waals surface area (Å²) in [5.41, 5.74) is -0.872. The molecule has 0 radical (unpaired) electrons. The number of carbonyl (C=O) groups is 1. The molecule has 1 amide bonds. The maximum Gasteiger partial charge on any atom is 0.306 e. The first kappa shape index (κ1) is 18.8. The lowest BCUT2D eigenvalue weighted by molar-refractivity contribution is -0.387. The van der Waals surface area contributed by atoms with E-state index in [1.165, 1.54) is 19.2 Å². The van der Waals surface area contributed by atoms with Crippen molar-refractivity contribution < 1.29 is 22.5 Å². The molecule has 0 aromatic heterocycles. The number of nitro benzene ring substituents is 1. The lowest BCUT2D eigenvalue weighted by atomic mass is 10.2. The number of amides is 1. The van der Waals surface area contributed by atoms with Crippen LogP contribution in [0, 0.1) is 15.9 Å². The normalized spacial score (nSPS) is 11.2. The number of nitrogens with zero attached hydrogens (tertiary/aromatic N) is 1. The quantitative estimate of drug-likeness (QED) is 0.603. The number of benzene rings is 2. The van der Waals surface area contributed by atoms with Gasteiger partial charge in [0.05, 0.1) is 9.95 Å². The molecule has 11 heteroatoms. The predicted molar refractivity (Wildman–Crippen MR) is 88.7 cm³/mol. The highest BCUT2D eigenvalue weighted by Gasteiger charge is 2.20. The Morgan fingerprint density at radius 1 is 1.24 bits per heavy atom. The van der Waals surface area contributed by atoms with Gasteiger partial charge in [0, 0.05) is 17.3 Å². The molecule has 2 N–H and O–H groups in total. The monoisotopic (exact) mass is 387 g/mol. The minimum absolute atomic E-state index is 0.0222. The van der Waals surface area contributed by atoms with Gasteiger partial charge >= 0.3 is 5.69 Å². The van der Waals surface area contributed by atoms with Crippen molar-refractivity contribution in [2.45, 2.75) is 4.90 Å². The summed E-state index contributed by atoms with van der Waals surface area (Å²) in [6.45, 7) is 0. The molecule has 0 saturated heterocycles. The number of hydrogen-bond acceptors (Lipinski definition) is 5. The molecule has 0 aliphatic carbocycles. The van der Waals surface area contributed by atoms with Gasteiger partial charge in [-0.3, -0.25) is 14.9 Å². The van der Waals surface area contributed by atoms with Crippen LogP contribution >= 0.6 is 11.6 Å². The average molecular weight is 388 g/mol. The van der Waals surface area contributed by atoms with Crippen LogP contribution in [0.25, 0.3) is 0 Å². The van der Waals surface area contributed by atoms with E-state index in [1.54, 1.807) is 0 Å². The summed E-state index contributed by atoms with van der Waals surface area (Å²) < 4.78 is 39.1. The predicted octanol–water partition coefficient (Wildman–Crippen LogP) is 2.55. The molecule has 0 fully saturated rings. The van der Waals surface area contributed by atoms with Gasteiger partial charge in [-0.05, 0) is 37.4 Å². The highest BCUT2D eigenvalue weighted by atomic mass is 35.5. The molecule has 25 heavy (non-hydrogen) atoms. The summed E-state index contributed by atoms with van der Waals surface area (Å²) in [5.74, 6) is -1.79. The number of anilines is 1. The topological polar surface area (TPSA) is 118 Å². The Balaban J connectivity index is 2.35. The first-order valence-corrected chi connectivity index (χ1v) is 8.50. The van der Waals surface area contributed by atoms with Gasteiger partial charge in [0.1, 0.15) is 4.90 Å². The lowest BCUT2D eigenvalue weighted by Gasteiger charge is -2.09. The largest absolute Gasteiger partial charge is 0.322 e. The van der Waals surface area contributed by atoms with Crippen LogP contribution < -0.4 is 10.0 Å². The van der Waals surface area contributed by atoms with Crippen molar-refractivity contribution in [3.8, 4) is 0 Å². The van der Waals surface area contributed by atoms with Crippen molar-refractivity contribution in [1.82, 2.24) is 4.72 Å². The Hall–Kier alpha value is -2.56. The fourth-order valence-electron chi connectivity index (χ4n) is 1.89. The van der Waals surface area contributed by atoms with E-state index >= 15 is 0 Å². The first-order chi connectivity index (χ1) is 11.7. The summed E-state index contributed by atoms with van der Waals surface area (Å²) >= 11 is 5.83. The smallest absolute Gasteiger partial charge is 0.306 e. The molecule has 0 heterocycles. The third kappa shape index (κ3) is 4.10. The SMILES string of the molecule is CNS(=O)(=O)c1cc(C(=O)Nc2ccc(F)c([N+](=O)[O-])c2)ccc1Cl. The van der Waals surface area contributed by atoms with Gasteiger partial charge in [-0.15, -0.1) is 0 Å². The van der Waals surface area contributed by atoms with Gasteiger partial charge in [-0.1, -0.05) is 11.6 Å². The zero-order chi connectivity index (χ0) is 18.8. The second-order valence-corrected chi connectivity index (χ2v) is 6.99. The molecular formula is C14H11ClFN3O5S. The maximum atomic E-state index is 13.3. The van der Waals surface area contributed by atoms with Gasteiger partial charge in [-0.25, -0.2) is 13.1 Å². The number of nitro groups is 1. The van der Waals surface area contributed by atoms with Crippen LogP contribution in [0.4, 0.5) is 15.8 Å². The standard InChI is InChI=1S/C14H11ClFN3O5S/c1-17-25(23,24)13-6-8(2-4-10(13)15)14(20)18-9-3-5-11(16)12(7-9)19(21)22/h2-7,17H,1H3,(H,18,20). The Morgan fingerprint density at radius 2 is 1.92 bits per heavy atom. The number of rotatable bonds is 5. The number of sulfonamides is 1. The Labute approximate surface area is 146 Å². The number of halogens is 2. The molecule has 0 unspecified atom stereocenters. The van der Waals surface area contributed by atoms with E-state index < -0.39 is 32.4 Å². The molecule has 0 bridgehead atoms. The van der Waals surface area contributed by atoms with E-state index in [0.29, 0.717) is 0 Å². The van der Waals surface area contributed by atoms with Gasteiger partial charge in [0.2, 0.25) is 15.8 Å². The fourth-order valence-corrected chi connectivity index (χ4v) is 3.14. The number of carbonyl (C=O) groups excluding carboxylic acids is 1. The lowest BCUT2D eigenvalue weighted by Crippen LogP contribution is -2.20. The third-order valence-corrected chi connectivity index (χ3v) is 5.05. The summed E-state index contributed by atoms with van der Waals surface area (Å²) in [6, 6.07) is 6.40. The van der Waals surface area contributed by atoms with Gasteiger partial charge in [0.15, 0.2) is 0 Å². The van der Waals surface area contributed by atoms with Crippen molar-refractivity contribution in [3.63, 3.8) is 0 Å². The fraction of sp³-hybridized carbons (Fsp3) is 0.0714. The van der Waals surface area contributed by atoms with Crippen molar-refractivity contribution in [3.05, 3.63) is 62.9 Å². The Bertz CT molecular complexity index is 965. The summed E-state index contributed by atoms with van der Waals surface area (Å²) in [5, 5.41) is 13.0.